The Morgan fingerprint density at radius 3 is 2.73 bits per heavy atom. The number of rotatable bonds is 2. The van der Waals surface area contributed by atoms with Crippen molar-refractivity contribution in [3.8, 4) is 0 Å². The molecule has 11 heavy (non-hydrogen) atoms. The number of aliphatic hydroxyl groups excluding tert-OH is 3. The fraction of sp³-hybridized carbons (Fsp3) is 0.833. The van der Waals surface area contributed by atoms with Gasteiger partial charge in [-0.05, 0) is 0 Å². The summed E-state index contributed by atoms with van der Waals surface area (Å²) in [5, 5.41) is 26.4. The summed E-state index contributed by atoms with van der Waals surface area (Å²) in [6.45, 7) is -0.519. The third-order valence-corrected chi connectivity index (χ3v) is 1.59. The second-order valence-corrected chi connectivity index (χ2v) is 2.48. The van der Waals surface area contributed by atoms with Crippen molar-refractivity contribution in [3.63, 3.8) is 0 Å². The maximum atomic E-state index is 10.5. The molecule has 0 aliphatic carbocycles. The summed E-state index contributed by atoms with van der Waals surface area (Å²) >= 11 is 0. The number of hydrogen-bond donors (Lipinski definition) is 3. The van der Waals surface area contributed by atoms with Gasteiger partial charge in [0.2, 0.25) is 0 Å². The molecule has 1 fully saturated rings. The first-order valence-electron chi connectivity index (χ1n) is 3.31. The average Bonchev–Trinajstić information content (AvgIpc) is 2.28. The smallest absolute Gasteiger partial charge is 0.309 e. The van der Waals surface area contributed by atoms with Gasteiger partial charge in [0.15, 0.2) is 6.10 Å². The summed E-state index contributed by atoms with van der Waals surface area (Å²) in [6, 6.07) is 0. The minimum absolute atomic E-state index is 0.109. The first kappa shape index (κ1) is 8.45. The molecule has 3 atom stereocenters. The van der Waals surface area contributed by atoms with Crippen molar-refractivity contribution in [1.82, 2.24) is 0 Å². The van der Waals surface area contributed by atoms with Crippen molar-refractivity contribution >= 4 is 5.97 Å². The van der Waals surface area contributed by atoms with Gasteiger partial charge >= 0.3 is 5.97 Å². The minimum atomic E-state index is -1.18. The molecule has 1 aliphatic heterocycles. The molecule has 0 aromatic rings. The van der Waals surface area contributed by atoms with E-state index in [0.717, 1.165) is 0 Å². The number of carbonyl (C=O) groups excluding carboxylic acids is 1. The minimum Gasteiger partial charge on any atom is -0.457 e. The van der Waals surface area contributed by atoms with Crippen molar-refractivity contribution in [2.75, 3.05) is 6.61 Å². The number of cyclic esters (lactones) is 1. The van der Waals surface area contributed by atoms with Crippen LogP contribution in [0.1, 0.15) is 6.42 Å². The first-order valence-corrected chi connectivity index (χ1v) is 3.31. The van der Waals surface area contributed by atoms with E-state index < -0.39 is 30.9 Å². The highest BCUT2D eigenvalue weighted by atomic mass is 16.6. The summed E-state index contributed by atoms with van der Waals surface area (Å²) in [5.41, 5.74) is 0. The van der Waals surface area contributed by atoms with Crippen LogP contribution >= 0.6 is 0 Å². The molecule has 5 heteroatoms. The van der Waals surface area contributed by atoms with Crippen LogP contribution in [0.25, 0.3) is 0 Å². The molecule has 3 N–H and O–H groups in total. The Labute approximate surface area is 63.2 Å². The first-order chi connectivity index (χ1) is 5.15. The van der Waals surface area contributed by atoms with E-state index in [1.807, 2.05) is 0 Å². The molecule has 5 nitrogen and oxygen atoms in total. The van der Waals surface area contributed by atoms with Gasteiger partial charge in [-0.15, -0.1) is 0 Å². The van der Waals surface area contributed by atoms with Gasteiger partial charge in [-0.1, -0.05) is 0 Å². The molecule has 0 amide bonds. The second kappa shape index (κ2) is 3.17. The lowest BCUT2D eigenvalue weighted by atomic mass is 10.1. The predicted octanol–water partition coefficient (Wildman–Crippen LogP) is -1.98. The molecular formula is C6H10O5. The number of esters is 1. The van der Waals surface area contributed by atoms with Crippen LogP contribution in [-0.4, -0.2) is 46.2 Å². The summed E-state index contributed by atoms with van der Waals surface area (Å²) in [7, 11) is 0. The van der Waals surface area contributed by atoms with Gasteiger partial charge in [0.25, 0.3) is 0 Å². The number of aliphatic hydroxyl groups is 3. The van der Waals surface area contributed by atoms with Crippen LogP contribution < -0.4 is 0 Å². The maximum absolute atomic E-state index is 10.5. The molecule has 64 valence electrons. The Balaban J connectivity index is 2.52. The van der Waals surface area contributed by atoms with Crippen molar-refractivity contribution in [2.45, 2.75) is 24.7 Å². The lowest BCUT2D eigenvalue weighted by Gasteiger charge is -2.16. The second-order valence-electron chi connectivity index (χ2n) is 2.48. The van der Waals surface area contributed by atoms with Crippen LogP contribution in [0.4, 0.5) is 0 Å². The molecule has 1 rings (SSSR count). The summed E-state index contributed by atoms with van der Waals surface area (Å²) in [4.78, 5) is 10.5. The highest BCUT2D eigenvalue weighted by molar-refractivity contribution is 5.72. The molecule has 1 saturated heterocycles. The number of ether oxygens (including phenoxy) is 1. The largest absolute Gasteiger partial charge is 0.457 e. The lowest BCUT2D eigenvalue weighted by molar-refractivity contribution is -0.147. The van der Waals surface area contributed by atoms with Crippen LogP contribution in [0, 0.1) is 0 Å². The number of hydrogen-bond acceptors (Lipinski definition) is 5. The molecular weight excluding hydrogens is 152 g/mol. The monoisotopic (exact) mass is 162 g/mol. The fourth-order valence-electron chi connectivity index (χ4n) is 1.00. The van der Waals surface area contributed by atoms with Gasteiger partial charge in [0.05, 0.1) is 13.0 Å². The molecule has 1 aliphatic rings. The highest BCUT2D eigenvalue weighted by Crippen LogP contribution is 2.17. The highest BCUT2D eigenvalue weighted by Gasteiger charge is 2.37. The van der Waals surface area contributed by atoms with Crippen LogP contribution in [0.3, 0.4) is 0 Å². The van der Waals surface area contributed by atoms with Gasteiger partial charge in [0.1, 0.15) is 12.2 Å². The molecule has 0 unspecified atom stereocenters. The maximum Gasteiger partial charge on any atom is 0.309 e. The lowest BCUT2D eigenvalue weighted by Crippen LogP contribution is -2.36. The topological polar surface area (TPSA) is 87.0 Å². The molecule has 0 aromatic heterocycles. The Kier molecular flexibility index (Phi) is 2.43. The molecule has 1 heterocycles. The average molecular weight is 162 g/mol. The Morgan fingerprint density at radius 2 is 2.36 bits per heavy atom. The van der Waals surface area contributed by atoms with E-state index in [-0.39, 0.29) is 6.42 Å². The fourth-order valence-corrected chi connectivity index (χ4v) is 1.00. The van der Waals surface area contributed by atoms with Crippen LogP contribution in [0.2, 0.25) is 0 Å². The summed E-state index contributed by atoms with van der Waals surface area (Å²) < 4.78 is 4.53. The van der Waals surface area contributed by atoms with Gasteiger partial charge in [-0.2, -0.15) is 0 Å². The van der Waals surface area contributed by atoms with Crippen LogP contribution in [-0.2, 0) is 9.53 Å². The summed E-state index contributed by atoms with van der Waals surface area (Å²) in [6.07, 6.45) is -3.25. The van der Waals surface area contributed by atoms with Crippen LogP contribution in [0.15, 0.2) is 0 Å². The van der Waals surface area contributed by atoms with E-state index in [0.29, 0.717) is 0 Å². The molecule has 0 radical (unpaired) electrons. The Morgan fingerprint density at radius 1 is 1.73 bits per heavy atom. The quantitative estimate of drug-likeness (QED) is 0.409. The third-order valence-electron chi connectivity index (χ3n) is 1.59. The van der Waals surface area contributed by atoms with E-state index in [1.165, 1.54) is 0 Å². The predicted molar refractivity (Wildman–Crippen MR) is 33.6 cm³/mol. The zero-order valence-corrected chi connectivity index (χ0v) is 5.80. The zero-order chi connectivity index (χ0) is 8.43. The normalized spacial score (nSPS) is 33.5. The van der Waals surface area contributed by atoms with E-state index in [1.54, 1.807) is 0 Å². The van der Waals surface area contributed by atoms with Crippen molar-refractivity contribution in [1.29, 1.82) is 0 Å². The van der Waals surface area contributed by atoms with Gasteiger partial charge in [-0.25, -0.2) is 0 Å². The standard InChI is InChI=1S/C6H10O5/c7-2-4(9)6-3(8)1-5(10)11-6/h3-4,6-9H,1-2H2/t3-,4-,6+/m1/s1. The van der Waals surface area contributed by atoms with E-state index >= 15 is 0 Å². The Hall–Kier alpha value is -0.650. The molecule has 0 spiro atoms. The van der Waals surface area contributed by atoms with Gasteiger partial charge in [0, 0.05) is 0 Å². The van der Waals surface area contributed by atoms with E-state index in [4.69, 9.17) is 15.3 Å². The van der Waals surface area contributed by atoms with E-state index in [9.17, 15) is 4.79 Å². The Bertz CT molecular complexity index is 157. The van der Waals surface area contributed by atoms with Crippen molar-refractivity contribution < 1.29 is 24.9 Å². The summed E-state index contributed by atoms with van der Waals surface area (Å²) in [5.74, 6) is -0.546. The van der Waals surface area contributed by atoms with Crippen LogP contribution in [0.5, 0.6) is 0 Å². The van der Waals surface area contributed by atoms with E-state index in [2.05, 4.69) is 4.74 Å². The molecule has 0 saturated carbocycles. The third kappa shape index (κ3) is 1.68. The van der Waals surface area contributed by atoms with Gasteiger partial charge < -0.3 is 20.1 Å². The molecule has 0 bridgehead atoms. The SMILES string of the molecule is O=C1C[C@@H](O)[C@@H]([C@H](O)CO)O1. The zero-order valence-electron chi connectivity index (χ0n) is 5.80. The van der Waals surface area contributed by atoms with Gasteiger partial charge in [-0.3, -0.25) is 4.79 Å². The number of carbonyl (C=O) groups is 1. The van der Waals surface area contributed by atoms with Crippen molar-refractivity contribution in [2.24, 2.45) is 0 Å². The van der Waals surface area contributed by atoms with Crippen molar-refractivity contribution in [3.05, 3.63) is 0 Å². The molecule has 0 aromatic carbocycles.